The number of unbranched alkanes of at least 4 members (excludes halogenated alkanes) is 1. The highest BCUT2D eigenvalue weighted by Crippen LogP contribution is 2.28. The lowest BCUT2D eigenvalue weighted by molar-refractivity contribution is -0.170. The quantitative estimate of drug-likeness (QED) is 0.312. The summed E-state index contributed by atoms with van der Waals surface area (Å²) in [5.41, 5.74) is 0. The van der Waals surface area contributed by atoms with E-state index in [0.29, 0.717) is 30.1 Å². The van der Waals surface area contributed by atoms with E-state index in [0.717, 1.165) is 23.7 Å². The molecule has 8 nitrogen and oxygen atoms in total. The first-order valence-electron chi connectivity index (χ1n) is 12.3. The number of rotatable bonds is 16. The van der Waals surface area contributed by atoms with Gasteiger partial charge in [-0.15, -0.1) is 11.8 Å². The first-order chi connectivity index (χ1) is 17.3. The Labute approximate surface area is 218 Å². The summed E-state index contributed by atoms with van der Waals surface area (Å²) >= 11 is 1.45. The fourth-order valence-corrected chi connectivity index (χ4v) is 4.51. The van der Waals surface area contributed by atoms with E-state index < -0.39 is 23.9 Å². The van der Waals surface area contributed by atoms with Crippen LogP contribution in [0.1, 0.15) is 59.1 Å². The van der Waals surface area contributed by atoms with E-state index in [4.69, 9.17) is 14.0 Å². The normalized spacial score (nSPS) is 12.6. The molecular weight excluding hydrogens is 480 g/mol. The molecule has 2 atom stereocenters. The van der Waals surface area contributed by atoms with Crippen molar-refractivity contribution in [2.24, 2.45) is 5.92 Å². The topological polar surface area (TPSA) is 98.1 Å². The largest absolute Gasteiger partial charge is 0.493 e. The predicted octanol–water partition coefficient (Wildman–Crippen LogP) is 5.02. The minimum atomic E-state index is -0.917. The molecule has 36 heavy (non-hydrogen) atoms. The van der Waals surface area contributed by atoms with Crippen molar-refractivity contribution in [2.75, 3.05) is 12.9 Å². The van der Waals surface area contributed by atoms with Crippen molar-refractivity contribution in [2.45, 2.75) is 71.2 Å². The maximum absolute atomic E-state index is 13.5. The summed E-state index contributed by atoms with van der Waals surface area (Å²) < 4.78 is 10.7. The van der Waals surface area contributed by atoms with Gasteiger partial charge in [-0.3, -0.25) is 14.4 Å². The van der Waals surface area contributed by atoms with Crippen molar-refractivity contribution in [1.82, 2.24) is 10.4 Å². The van der Waals surface area contributed by atoms with Gasteiger partial charge in [0.1, 0.15) is 11.8 Å². The average molecular weight is 519 g/mol. The third kappa shape index (κ3) is 9.26. The van der Waals surface area contributed by atoms with Crippen LogP contribution in [-0.4, -0.2) is 47.6 Å². The second-order valence-corrected chi connectivity index (χ2v) is 9.96. The Morgan fingerprint density at radius 2 is 1.83 bits per heavy atom. The van der Waals surface area contributed by atoms with Gasteiger partial charge in [0.05, 0.1) is 30.9 Å². The number of para-hydroxylation sites is 2. The number of methoxy groups -OCH3 is 1. The molecule has 0 fully saturated rings. The number of nitrogens with one attached hydrogen (secondary N) is 1. The van der Waals surface area contributed by atoms with E-state index in [1.54, 1.807) is 30.5 Å². The number of nitrogens with zero attached hydrogens (tertiary/aromatic N) is 1. The number of amides is 2. The van der Waals surface area contributed by atoms with E-state index in [1.165, 1.54) is 25.8 Å². The van der Waals surface area contributed by atoms with Crippen LogP contribution in [0.3, 0.4) is 0 Å². The summed E-state index contributed by atoms with van der Waals surface area (Å²) in [6.45, 7) is 7.32. The lowest BCUT2D eigenvalue weighted by Crippen LogP contribution is -2.54. The van der Waals surface area contributed by atoms with Gasteiger partial charge in [-0.25, -0.2) is 0 Å². The van der Waals surface area contributed by atoms with E-state index in [1.807, 2.05) is 32.9 Å². The molecule has 0 bridgehead atoms. The summed E-state index contributed by atoms with van der Waals surface area (Å²) in [6.07, 6.45) is 4.19. The first-order valence-corrected chi connectivity index (χ1v) is 13.5. The molecular formula is C27H38N2O6S. The van der Waals surface area contributed by atoms with E-state index in [9.17, 15) is 14.4 Å². The third-order valence-electron chi connectivity index (χ3n) is 5.48. The van der Waals surface area contributed by atoms with Crippen LogP contribution in [0.25, 0.3) is 0 Å². The zero-order chi connectivity index (χ0) is 26.5. The highest BCUT2D eigenvalue weighted by Gasteiger charge is 2.34. The standard InChI is InChI=1S/C27H38N2O6S/c1-6-7-12-22(24(31)18-36-17-21-11-10-15-34-21)28-27(32)23(16-19(2)3)29(20(4)30)35-26-14-9-8-13-25(26)33-5/h8-11,13-15,19,22-23H,6-7,12,16-18H2,1-5H3,(H,28,32)/t22-,23-/m0/s1. The van der Waals surface area contributed by atoms with Crippen molar-refractivity contribution in [3.8, 4) is 11.5 Å². The maximum atomic E-state index is 13.5. The van der Waals surface area contributed by atoms with Crippen LogP contribution >= 0.6 is 11.8 Å². The minimum absolute atomic E-state index is 0.0586. The minimum Gasteiger partial charge on any atom is -0.493 e. The predicted molar refractivity (Wildman–Crippen MR) is 141 cm³/mol. The lowest BCUT2D eigenvalue weighted by Gasteiger charge is -2.31. The number of ether oxygens (including phenoxy) is 1. The Morgan fingerprint density at radius 1 is 1.11 bits per heavy atom. The highest BCUT2D eigenvalue weighted by atomic mass is 32.2. The number of hydrogen-bond donors (Lipinski definition) is 1. The second-order valence-electron chi connectivity index (χ2n) is 8.97. The number of benzene rings is 1. The third-order valence-corrected chi connectivity index (χ3v) is 6.45. The molecule has 0 aliphatic carbocycles. The number of furan rings is 1. The van der Waals surface area contributed by atoms with Crippen LogP contribution in [-0.2, 0) is 20.1 Å². The van der Waals surface area contributed by atoms with Gasteiger partial charge in [0.2, 0.25) is 5.91 Å². The smallest absolute Gasteiger partial charge is 0.252 e. The summed E-state index contributed by atoms with van der Waals surface area (Å²) in [6, 6.07) is 9.04. The number of carbonyl (C=O) groups excluding carboxylic acids is 3. The van der Waals surface area contributed by atoms with Crippen LogP contribution in [0, 0.1) is 5.92 Å². The van der Waals surface area contributed by atoms with Crippen LogP contribution in [0.5, 0.6) is 11.5 Å². The fraction of sp³-hybridized carbons (Fsp3) is 0.519. The van der Waals surface area contributed by atoms with Crippen LogP contribution in [0.2, 0.25) is 0 Å². The first kappa shape index (κ1) is 29.3. The molecule has 198 valence electrons. The molecule has 0 saturated heterocycles. The highest BCUT2D eigenvalue weighted by molar-refractivity contribution is 7.99. The van der Waals surface area contributed by atoms with Crippen LogP contribution in [0.4, 0.5) is 0 Å². The van der Waals surface area contributed by atoms with Gasteiger partial charge in [0, 0.05) is 6.92 Å². The van der Waals surface area contributed by atoms with E-state index in [-0.39, 0.29) is 17.5 Å². The van der Waals surface area contributed by atoms with Crippen molar-refractivity contribution in [1.29, 1.82) is 0 Å². The van der Waals surface area contributed by atoms with Crippen LogP contribution < -0.4 is 14.9 Å². The number of Topliss-reactive ketones (excluding diaryl/α,β-unsaturated/α-hetero) is 1. The molecule has 0 aliphatic rings. The number of thioether (sulfide) groups is 1. The summed E-state index contributed by atoms with van der Waals surface area (Å²) in [5, 5.41) is 4.00. The maximum Gasteiger partial charge on any atom is 0.252 e. The van der Waals surface area contributed by atoms with Crippen molar-refractivity contribution >= 4 is 29.4 Å². The SMILES string of the molecule is CCCC[C@H](NC(=O)[C@H](CC(C)C)N(Oc1ccccc1OC)C(C)=O)C(=O)CSCc1ccco1. The molecule has 2 rings (SSSR count). The Hall–Kier alpha value is -2.94. The monoisotopic (exact) mass is 518 g/mol. The van der Waals surface area contributed by atoms with Gasteiger partial charge < -0.3 is 19.3 Å². The average Bonchev–Trinajstić information content (AvgIpc) is 3.37. The summed E-state index contributed by atoms with van der Waals surface area (Å²) in [5.74, 6) is 1.58. The second kappa shape index (κ2) is 15.2. The Morgan fingerprint density at radius 3 is 2.42 bits per heavy atom. The molecule has 1 N–H and O–H groups in total. The molecule has 2 aromatic rings. The Balaban J connectivity index is 2.18. The summed E-state index contributed by atoms with van der Waals surface area (Å²) in [7, 11) is 1.51. The molecule has 1 aromatic carbocycles. The van der Waals surface area contributed by atoms with Gasteiger partial charge in [-0.2, -0.15) is 5.06 Å². The van der Waals surface area contributed by atoms with Gasteiger partial charge in [0.25, 0.3) is 5.91 Å². The van der Waals surface area contributed by atoms with Crippen molar-refractivity contribution in [3.05, 3.63) is 48.4 Å². The number of carbonyl (C=O) groups is 3. The van der Waals surface area contributed by atoms with Crippen LogP contribution in [0.15, 0.2) is 47.1 Å². The van der Waals surface area contributed by atoms with Gasteiger partial charge in [-0.05, 0) is 43.0 Å². The molecule has 0 saturated carbocycles. The lowest BCUT2D eigenvalue weighted by atomic mass is 10.0. The Bertz CT molecular complexity index is 963. The Kier molecular flexibility index (Phi) is 12.4. The van der Waals surface area contributed by atoms with Crippen molar-refractivity contribution in [3.63, 3.8) is 0 Å². The number of hydrogen-bond acceptors (Lipinski definition) is 7. The van der Waals surface area contributed by atoms with Crippen molar-refractivity contribution < 1.29 is 28.4 Å². The molecule has 0 radical (unpaired) electrons. The molecule has 1 heterocycles. The van der Waals surface area contributed by atoms with E-state index >= 15 is 0 Å². The number of hydroxylamine groups is 2. The zero-order valence-corrected chi connectivity index (χ0v) is 22.6. The molecule has 2 amide bonds. The number of ketones is 1. The fourth-order valence-electron chi connectivity index (χ4n) is 3.64. The van der Waals surface area contributed by atoms with Gasteiger partial charge in [-0.1, -0.05) is 45.7 Å². The molecule has 9 heteroatoms. The van der Waals surface area contributed by atoms with Gasteiger partial charge >= 0.3 is 0 Å². The molecule has 0 spiro atoms. The zero-order valence-electron chi connectivity index (χ0n) is 21.8. The molecule has 0 aliphatic heterocycles. The molecule has 1 aromatic heterocycles. The summed E-state index contributed by atoms with van der Waals surface area (Å²) in [4.78, 5) is 45.1. The molecule has 0 unspecified atom stereocenters. The van der Waals surface area contributed by atoms with Gasteiger partial charge in [0.15, 0.2) is 17.3 Å². The van der Waals surface area contributed by atoms with E-state index in [2.05, 4.69) is 5.32 Å².